The molecule has 0 aromatic heterocycles. The van der Waals surface area contributed by atoms with E-state index in [1.54, 1.807) is 0 Å². The third-order valence-electron chi connectivity index (χ3n) is 8.13. The predicted molar refractivity (Wildman–Crippen MR) is 128 cm³/mol. The average Bonchev–Trinajstić information content (AvgIpc) is 3.27. The molecule has 176 valence electrons. The van der Waals surface area contributed by atoms with Crippen molar-refractivity contribution in [3.63, 3.8) is 0 Å². The minimum absolute atomic E-state index is 0.0614. The number of rotatable bonds is 11. The monoisotopic (exact) mass is 430 g/mol. The van der Waals surface area contributed by atoms with Crippen LogP contribution < -0.4 is 0 Å². The van der Waals surface area contributed by atoms with Crippen molar-refractivity contribution < 1.29 is 14.3 Å². The molecule has 0 aliphatic heterocycles. The summed E-state index contributed by atoms with van der Waals surface area (Å²) in [5.41, 5.74) is 0.141. The smallest absolute Gasteiger partial charge is 0.344 e. The molecule has 2 atom stereocenters. The number of carbonyl (C=O) groups excluding carboxylic acids is 1. The molecule has 0 spiro atoms. The third kappa shape index (κ3) is 7.30. The van der Waals surface area contributed by atoms with Gasteiger partial charge < -0.3 is 9.47 Å². The Hall–Kier alpha value is -1.43. The summed E-state index contributed by atoms with van der Waals surface area (Å²) in [7, 11) is 0. The van der Waals surface area contributed by atoms with Gasteiger partial charge in [0.1, 0.15) is 5.60 Å². The van der Waals surface area contributed by atoms with Gasteiger partial charge in [-0.05, 0) is 74.2 Å². The Kier molecular flexibility index (Phi) is 8.71. The molecule has 1 fully saturated rings. The molecule has 1 saturated carbocycles. The average molecular weight is 431 g/mol. The molecule has 0 aromatic carbocycles. The third-order valence-corrected chi connectivity index (χ3v) is 8.13. The van der Waals surface area contributed by atoms with Gasteiger partial charge in [-0.25, -0.2) is 4.79 Å². The quantitative estimate of drug-likeness (QED) is 0.255. The number of ether oxygens (including phenoxy) is 2. The highest BCUT2D eigenvalue weighted by Crippen LogP contribution is 2.45. The van der Waals surface area contributed by atoms with Crippen LogP contribution in [0.1, 0.15) is 107 Å². The van der Waals surface area contributed by atoms with E-state index in [1.165, 1.54) is 25.7 Å². The Labute approximate surface area is 191 Å². The van der Waals surface area contributed by atoms with Gasteiger partial charge >= 0.3 is 5.97 Å². The largest absolute Gasteiger partial charge is 0.474 e. The highest BCUT2D eigenvalue weighted by Gasteiger charge is 2.38. The van der Waals surface area contributed by atoms with Crippen molar-refractivity contribution in [1.29, 1.82) is 0 Å². The number of esters is 1. The molecular formula is C28H46O3. The van der Waals surface area contributed by atoms with Crippen LogP contribution in [0.5, 0.6) is 0 Å². The first-order valence-electron chi connectivity index (χ1n) is 12.5. The summed E-state index contributed by atoms with van der Waals surface area (Å²) in [6, 6.07) is 0. The standard InChI is InChI=1S/C28H46O3/c1-9-26(3,4)19-24(27(5,6)10-2)21-15-17-23(18-16-21)30-20-25(29)31-28(7,8)22-13-11-12-14-22/h17,21-22,24H,9-15,19-20H2,1-8H3. The molecule has 0 N–H and O–H groups in total. The van der Waals surface area contributed by atoms with E-state index < -0.39 is 5.60 Å². The van der Waals surface area contributed by atoms with Crippen LogP contribution in [0, 0.1) is 40.4 Å². The normalized spacial score (nSPS) is 21.2. The molecule has 2 unspecified atom stereocenters. The van der Waals surface area contributed by atoms with E-state index in [4.69, 9.17) is 9.47 Å². The van der Waals surface area contributed by atoms with Crippen LogP contribution in [0.2, 0.25) is 0 Å². The number of hydrogen-bond donors (Lipinski definition) is 0. The minimum atomic E-state index is -0.417. The molecule has 3 nitrogen and oxygen atoms in total. The molecule has 0 radical (unpaired) electrons. The van der Waals surface area contributed by atoms with Crippen molar-refractivity contribution in [3.05, 3.63) is 11.8 Å². The van der Waals surface area contributed by atoms with Crippen molar-refractivity contribution in [3.8, 4) is 11.8 Å². The van der Waals surface area contributed by atoms with Gasteiger partial charge in [0.15, 0.2) is 12.4 Å². The highest BCUT2D eigenvalue weighted by atomic mass is 16.6. The number of carbonyl (C=O) groups is 1. The van der Waals surface area contributed by atoms with Crippen molar-refractivity contribution in [2.75, 3.05) is 6.61 Å². The van der Waals surface area contributed by atoms with E-state index in [0.717, 1.165) is 25.7 Å². The topological polar surface area (TPSA) is 35.5 Å². The van der Waals surface area contributed by atoms with Crippen LogP contribution in [-0.2, 0) is 14.3 Å². The van der Waals surface area contributed by atoms with Crippen LogP contribution in [0.3, 0.4) is 0 Å². The summed E-state index contributed by atoms with van der Waals surface area (Å²) < 4.78 is 11.5. The van der Waals surface area contributed by atoms with E-state index in [1.807, 2.05) is 13.8 Å². The second-order valence-corrected chi connectivity index (χ2v) is 11.7. The minimum Gasteiger partial charge on any atom is -0.474 e. The molecular weight excluding hydrogens is 384 g/mol. The van der Waals surface area contributed by atoms with Crippen molar-refractivity contribution in [2.24, 2.45) is 28.6 Å². The zero-order valence-electron chi connectivity index (χ0n) is 21.4. The van der Waals surface area contributed by atoms with Crippen LogP contribution >= 0.6 is 0 Å². The Bertz CT molecular complexity index is 696. The number of hydrogen-bond acceptors (Lipinski definition) is 3. The van der Waals surface area contributed by atoms with Crippen LogP contribution in [0.15, 0.2) is 11.8 Å². The lowest BCUT2D eigenvalue weighted by molar-refractivity contribution is -0.165. The Morgan fingerprint density at radius 2 is 1.74 bits per heavy atom. The van der Waals surface area contributed by atoms with Gasteiger partial charge in [0, 0.05) is 5.92 Å². The predicted octanol–water partition coefficient (Wildman–Crippen LogP) is 7.30. The second kappa shape index (κ2) is 10.5. The summed E-state index contributed by atoms with van der Waals surface area (Å²) in [5, 5.41) is 0. The van der Waals surface area contributed by atoms with E-state index in [0.29, 0.717) is 28.9 Å². The van der Waals surface area contributed by atoms with Gasteiger partial charge in [0.05, 0.1) is 0 Å². The van der Waals surface area contributed by atoms with Crippen molar-refractivity contribution in [2.45, 2.75) is 112 Å². The van der Waals surface area contributed by atoms with Crippen LogP contribution in [-0.4, -0.2) is 18.2 Å². The van der Waals surface area contributed by atoms with Crippen LogP contribution in [0.4, 0.5) is 0 Å². The first-order valence-corrected chi connectivity index (χ1v) is 12.5. The van der Waals surface area contributed by atoms with Gasteiger partial charge in [-0.2, -0.15) is 0 Å². The van der Waals surface area contributed by atoms with E-state index in [9.17, 15) is 4.79 Å². The fourth-order valence-electron chi connectivity index (χ4n) is 5.00. The van der Waals surface area contributed by atoms with Gasteiger partial charge in [-0.3, -0.25) is 0 Å². The summed E-state index contributed by atoms with van der Waals surface area (Å²) >= 11 is 0. The highest BCUT2D eigenvalue weighted by molar-refractivity contribution is 5.71. The van der Waals surface area contributed by atoms with Gasteiger partial charge in [0.2, 0.25) is 0 Å². The molecule has 0 aromatic rings. The van der Waals surface area contributed by atoms with E-state index in [-0.39, 0.29) is 18.0 Å². The lowest BCUT2D eigenvalue weighted by Gasteiger charge is -2.42. The Morgan fingerprint density at radius 3 is 2.26 bits per heavy atom. The second-order valence-electron chi connectivity index (χ2n) is 11.7. The van der Waals surface area contributed by atoms with Crippen LogP contribution in [0.25, 0.3) is 0 Å². The van der Waals surface area contributed by atoms with Crippen molar-refractivity contribution in [1.82, 2.24) is 0 Å². The summed E-state index contributed by atoms with van der Waals surface area (Å²) in [5.74, 6) is 8.33. The SMILES string of the molecule is CCC(C)(C)CC(C1C#CC(OCC(=O)OC(C)(C)C2CCCC2)=CC1)C(C)(C)CC. The first kappa shape index (κ1) is 25.8. The van der Waals surface area contributed by atoms with E-state index in [2.05, 4.69) is 59.5 Å². The molecule has 2 aliphatic rings. The molecule has 0 saturated heterocycles. The Balaban J connectivity index is 1.93. The van der Waals surface area contributed by atoms with Gasteiger partial charge in [-0.1, -0.05) is 73.1 Å². The Morgan fingerprint density at radius 1 is 1.10 bits per heavy atom. The molecule has 2 aliphatic carbocycles. The maximum absolute atomic E-state index is 12.4. The zero-order valence-corrected chi connectivity index (χ0v) is 21.4. The van der Waals surface area contributed by atoms with Gasteiger partial charge in [-0.15, -0.1) is 0 Å². The lowest BCUT2D eigenvalue weighted by atomic mass is 9.63. The van der Waals surface area contributed by atoms with Crippen molar-refractivity contribution >= 4 is 5.97 Å². The summed E-state index contributed by atoms with van der Waals surface area (Å²) in [6.45, 7) is 18.0. The molecule has 2 rings (SSSR count). The molecule has 31 heavy (non-hydrogen) atoms. The summed E-state index contributed by atoms with van der Waals surface area (Å²) in [4.78, 5) is 12.4. The molecule has 0 heterocycles. The lowest BCUT2D eigenvalue weighted by Crippen LogP contribution is -2.36. The maximum atomic E-state index is 12.4. The molecule has 0 amide bonds. The number of allylic oxidation sites excluding steroid dienone is 2. The van der Waals surface area contributed by atoms with Gasteiger partial charge in [0.25, 0.3) is 0 Å². The molecule has 0 bridgehead atoms. The van der Waals surface area contributed by atoms with E-state index >= 15 is 0 Å². The fraction of sp³-hybridized carbons (Fsp3) is 0.821. The molecule has 3 heteroatoms. The first-order chi connectivity index (χ1) is 14.4. The zero-order chi connectivity index (χ0) is 23.3. The summed E-state index contributed by atoms with van der Waals surface area (Å²) in [6.07, 6.45) is 11.2. The fourth-order valence-corrected chi connectivity index (χ4v) is 5.00. The maximum Gasteiger partial charge on any atom is 0.344 e.